The van der Waals surface area contributed by atoms with Gasteiger partial charge in [-0.2, -0.15) is 0 Å². The molecule has 2 unspecified atom stereocenters. The number of nitrogens with one attached hydrogen (secondary N) is 1. The van der Waals surface area contributed by atoms with E-state index in [1.54, 1.807) is 0 Å². The van der Waals surface area contributed by atoms with E-state index in [4.69, 9.17) is 0 Å². The van der Waals surface area contributed by atoms with Crippen LogP contribution in [0.15, 0.2) is 11.4 Å². The molecular weight excluding hydrogens is 202 g/mol. The van der Waals surface area contributed by atoms with Crippen molar-refractivity contribution in [2.75, 3.05) is 13.1 Å². The van der Waals surface area contributed by atoms with Gasteiger partial charge in [-0.05, 0) is 55.3 Å². The summed E-state index contributed by atoms with van der Waals surface area (Å²) in [6, 6.07) is 2.33. The molecule has 86 valence electrons. The second kappa shape index (κ2) is 6.29. The Morgan fingerprint density at radius 3 is 2.67 bits per heavy atom. The molecule has 0 aliphatic heterocycles. The number of thiophene rings is 1. The minimum Gasteiger partial charge on any atom is -0.316 e. The summed E-state index contributed by atoms with van der Waals surface area (Å²) >= 11 is 1.86. The van der Waals surface area contributed by atoms with Crippen LogP contribution in [0, 0.1) is 12.8 Å². The fourth-order valence-electron chi connectivity index (χ4n) is 1.71. The van der Waals surface area contributed by atoms with Crippen LogP contribution < -0.4 is 5.32 Å². The van der Waals surface area contributed by atoms with Crippen molar-refractivity contribution < 1.29 is 0 Å². The third kappa shape index (κ3) is 3.96. The Bertz CT molecular complexity index is 280. The minimum atomic E-state index is 0.666. The fraction of sp³-hybridized carbons (Fsp3) is 0.692. The largest absolute Gasteiger partial charge is 0.316 e. The molecule has 0 aromatic carbocycles. The highest BCUT2D eigenvalue weighted by Gasteiger charge is 2.14. The molecule has 1 rings (SSSR count). The van der Waals surface area contributed by atoms with Gasteiger partial charge in [0, 0.05) is 4.88 Å². The van der Waals surface area contributed by atoms with Crippen LogP contribution in [0.1, 0.15) is 43.6 Å². The van der Waals surface area contributed by atoms with E-state index < -0.39 is 0 Å². The summed E-state index contributed by atoms with van der Waals surface area (Å²) in [5.74, 6) is 1.38. The zero-order chi connectivity index (χ0) is 11.3. The molecule has 0 amide bonds. The van der Waals surface area contributed by atoms with E-state index in [1.807, 2.05) is 11.3 Å². The smallest absolute Gasteiger partial charge is 0.00171 e. The van der Waals surface area contributed by atoms with Crippen LogP contribution in [0.2, 0.25) is 0 Å². The standard InChI is InChI=1S/C13H23NS/c1-5-6-14-8-10(2)12(4)13-7-11(3)15-9-13/h7,9-10,12,14H,5-6,8H2,1-4H3. The molecule has 1 nitrogen and oxygen atoms in total. The highest BCUT2D eigenvalue weighted by atomic mass is 32.1. The Balaban J connectivity index is 2.42. The summed E-state index contributed by atoms with van der Waals surface area (Å²) < 4.78 is 0. The van der Waals surface area contributed by atoms with Gasteiger partial charge in [0.25, 0.3) is 0 Å². The molecule has 0 aliphatic carbocycles. The van der Waals surface area contributed by atoms with Crippen molar-refractivity contribution >= 4 is 11.3 Å². The van der Waals surface area contributed by atoms with E-state index >= 15 is 0 Å². The maximum atomic E-state index is 3.50. The van der Waals surface area contributed by atoms with Crippen molar-refractivity contribution in [3.63, 3.8) is 0 Å². The zero-order valence-corrected chi connectivity index (χ0v) is 11.2. The number of hydrogen-bond donors (Lipinski definition) is 1. The van der Waals surface area contributed by atoms with Crippen LogP contribution in [-0.2, 0) is 0 Å². The first kappa shape index (κ1) is 12.7. The topological polar surface area (TPSA) is 12.0 Å². The van der Waals surface area contributed by atoms with Gasteiger partial charge in [0.15, 0.2) is 0 Å². The zero-order valence-electron chi connectivity index (χ0n) is 10.3. The molecule has 0 saturated heterocycles. The molecule has 0 aliphatic rings. The van der Waals surface area contributed by atoms with Crippen LogP contribution >= 0.6 is 11.3 Å². The van der Waals surface area contributed by atoms with E-state index in [0.717, 1.165) is 13.1 Å². The van der Waals surface area contributed by atoms with Crippen molar-refractivity contribution in [3.8, 4) is 0 Å². The highest BCUT2D eigenvalue weighted by molar-refractivity contribution is 7.10. The summed E-state index contributed by atoms with van der Waals surface area (Å²) in [5.41, 5.74) is 1.50. The van der Waals surface area contributed by atoms with E-state index in [-0.39, 0.29) is 0 Å². The first-order valence-electron chi connectivity index (χ1n) is 5.91. The fourth-order valence-corrected chi connectivity index (χ4v) is 2.52. The van der Waals surface area contributed by atoms with Gasteiger partial charge in [0.1, 0.15) is 0 Å². The van der Waals surface area contributed by atoms with Crippen molar-refractivity contribution in [1.82, 2.24) is 5.32 Å². The Morgan fingerprint density at radius 1 is 1.40 bits per heavy atom. The molecule has 0 fully saturated rings. The first-order valence-corrected chi connectivity index (χ1v) is 6.78. The van der Waals surface area contributed by atoms with E-state index in [9.17, 15) is 0 Å². The van der Waals surface area contributed by atoms with E-state index in [2.05, 4.69) is 44.5 Å². The van der Waals surface area contributed by atoms with Crippen LogP contribution in [0.3, 0.4) is 0 Å². The molecule has 0 radical (unpaired) electrons. The molecule has 0 saturated carbocycles. The highest BCUT2D eigenvalue weighted by Crippen LogP contribution is 2.27. The molecule has 2 heteroatoms. The van der Waals surface area contributed by atoms with Gasteiger partial charge in [-0.25, -0.2) is 0 Å². The second-order valence-corrected chi connectivity index (χ2v) is 5.58. The predicted octanol–water partition coefficient (Wildman–Crippen LogP) is 3.80. The van der Waals surface area contributed by atoms with Gasteiger partial charge >= 0.3 is 0 Å². The molecule has 0 spiro atoms. The Hall–Kier alpha value is -0.340. The lowest BCUT2D eigenvalue weighted by Gasteiger charge is -2.19. The molecule has 15 heavy (non-hydrogen) atoms. The van der Waals surface area contributed by atoms with Gasteiger partial charge in [-0.3, -0.25) is 0 Å². The molecule has 1 N–H and O–H groups in total. The maximum Gasteiger partial charge on any atom is 0.00171 e. The number of rotatable bonds is 6. The van der Waals surface area contributed by atoms with Crippen LogP contribution in [-0.4, -0.2) is 13.1 Å². The van der Waals surface area contributed by atoms with Crippen molar-refractivity contribution in [2.24, 2.45) is 5.92 Å². The third-order valence-corrected chi connectivity index (χ3v) is 3.90. The predicted molar refractivity (Wildman–Crippen MR) is 69.8 cm³/mol. The summed E-state index contributed by atoms with van der Waals surface area (Å²) in [7, 11) is 0. The normalized spacial score (nSPS) is 15.2. The van der Waals surface area contributed by atoms with Gasteiger partial charge in [-0.1, -0.05) is 20.8 Å². The van der Waals surface area contributed by atoms with Gasteiger partial charge in [0.2, 0.25) is 0 Å². The lowest BCUT2D eigenvalue weighted by atomic mass is 9.90. The lowest BCUT2D eigenvalue weighted by molar-refractivity contribution is 0.449. The van der Waals surface area contributed by atoms with E-state index in [1.165, 1.54) is 16.9 Å². The monoisotopic (exact) mass is 225 g/mol. The molecule has 1 aromatic heterocycles. The number of aryl methyl sites for hydroxylation is 1. The van der Waals surface area contributed by atoms with Crippen molar-refractivity contribution in [1.29, 1.82) is 0 Å². The Kier molecular flexibility index (Phi) is 5.34. The van der Waals surface area contributed by atoms with Gasteiger partial charge < -0.3 is 5.32 Å². The molecule has 0 bridgehead atoms. The number of hydrogen-bond acceptors (Lipinski definition) is 2. The second-order valence-electron chi connectivity index (χ2n) is 4.46. The Morgan fingerprint density at radius 2 is 2.13 bits per heavy atom. The first-order chi connectivity index (χ1) is 7.15. The molecule has 1 aromatic rings. The minimum absolute atomic E-state index is 0.666. The van der Waals surface area contributed by atoms with E-state index in [0.29, 0.717) is 11.8 Å². The van der Waals surface area contributed by atoms with Crippen LogP contribution in [0.25, 0.3) is 0 Å². The Labute approximate surface area is 97.9 Å². The lowest BCUT2D eigenvalue weighted by Crippen LogP contribution is -2.24. The van der Waals surface area contributed by atoms with Crippen LogP contribution in [0.4, 0.5) is 0 Å². The van der Waals surface area contributed by atoms with Crippen molar-refractivity contribution in [3.05, 3.63) is 21.9 Å². The molecule has 1 heterocycles. The van der Waals surface area contributed by atoms with Crippen molar-refractivity contribution in [2.45, 2.75) is 40.0 Å². The average molecular weight is 225 g/mol. The summed E-state index contributed by atoms with van der Waals surface area (Å²) in [4.78, 5) is 1.42. The SMILES string of the molecule is CCCNCC(C)C(C)c1csc(C)c1. The quantitative estimate of drug-likeness (QED) is 0.726. The molecular formula is C13H23NS. The van der Waals surface area contributed by atoms with Gasteiger partial charge in [0.05, 0.1) is 0 Å². The average Bonchev–Trinajstić information content (AvgIpc) is 2.64. The summed E-state index contributed by atoms with van der Waals surface area (Å²) in [6.45, 7) is 11.3. The van der Waals surface area contributed by atoms with Gasteiger partial charge in [-0.15, -0.1) is 11.3 Å². The van der Waals surface area contributed by atoms with Crippen LogP contribution in [0.5, 0.6) is 0 Å². The summed E-state index contributed by atoms with van der Waals surface area (Å²) in [5, 5.41) is 5.80. The third-order valence-electron chi connectivity index (χ3n) is 3.02. The molecule has 2 atom stereocenters. The maximum absolute atomic E-state index is 3.50. The summed E-state index contributed by atoms with van der Waals surface area (Å²) in [6.07, 6.45) is 1.22.